The molecule has 1 aromatic carbocycles. The number of fused-ring (bicyclic) bond motifs is 1. The minimum Gasteiger partial charge on any atom is -0.481 e. The first-order valence-electron chi connectivity index (χ1n) is 14.2. The third-order valence-electron chi connectivity index (χ3n) is 7.35. The summed E-state index contributed by atoms with van der Waals surface area (Å²) in [6.45, 7) is 0.697. The fraction of sp³-hybridized carbons (Fsp3) is 0.621. The van der Waals surface area contributed by atoms with Crippen molar-refractivity contribution in [2.75, 3.05) is 11.9 Å². The molecule has 1 saturated heterocycles. The number of carboxylic acids is 1. The van der Waals surface area contributed by atoms with Gasteiger partial charge in [-0.1, -0.05) is 76.7 Å². The Balaban J connectivity index is 1.27. The van der Waals surface area contributed by atoms with Gasteiger partial charge in [0.05, 0.1) is 11.1 Å². The molecule has 0 saturated carbocycles. The summed E-state index contributed by atoms with van der Waals surface area (Å²) in [5.41, 5.74) is 1.21. The van der Waals surface area contributed by atoms with Crippen LogP contribution in [-0.2, 0) is 14.4 Å². The Hall–Kier alpha value is -3.23. The molecule has 9 nitrogen and oxygen atoms in total. The minimum atomic E-state index is -0.955. The number of benzene rings is 1. The van der Waals surface area contributed by atoms with Gasteiger partial charge < -0.3 is 10.4 Å². The van der Waals surface area contributed by atoms with Crippen molar-refractivity contribution in [1.29, 1.82) is 0 Å². The van der Waals surface area contributed by atoms with Crippen LogP contribution in [0.2, 0.25) is 0 Å². The van der Waals surface area contributed by atoms with Crippen molar-refractivity contribution >= 4 is 35.3 Å². The topological polar surface area (TPSA) is 133 Å². The second-order valence-corrected chi connectivity index (χ2v) is 10.3. The number of imide groups is 2. The molecule has 0 aromatic heterocycles. The maximum atomic E-state index is 13.1. The molecule has 1 unspecified atom stereocenters. The van der Waals surface area contributed by atoms with Gasteiger partial charge in [0, 0.05) is 25.1 Å². The lowest BCUT2D eigenvalue weighted by molar-refractivity contribution is -0.138. The van der Waals surface area contributed by atoms with Crippen molar-refractivity contribution in [3.8, 4) is 0 Å². The van der Waals surface area contributed by atoms with E-state index in [0.29, 0.717) is 23.4 Å². The number of anilines is 1. The van der Waals surface area contributed by atoms with Gasteiger partial charge in [-0.3, -0.25) is 34.2 Å². The normalized spacial score (nSPS) is 17.1. The first-order chi connectivity index (χ1) is 18.4. The molecule has 1 fully saturated rings. The smallest absolute Gasteiger partial charge is 0.303 e. The molecular weight excluding hydrogens is 486 g/mol. The highest BCUT2D eigenvalue weighted by molar-refractivity contribution is 6.25. The highest BCUT2D eigenvalue weighted by Crippen LogP contribution is 2.32. The highest BCUT2D eigenvalue weighted by atomic mass is 16.4. The molecule has 0 bridgehead atoms. The van der Waals surface area contributed by atoms with Crippen LogP contribution in [0, 0.1) is 0 Å². The number of nitrogens with one attached hydrogen (secondary N) is 2. The van der Waals surface area contributed by atoms with Crippen LogP contribution in [-0.4, -0.2) is 52.2 Å². The number of hydrogen-bond acceptors (Lipinski definition) is 6. The Morgan fingerprint density at radius 1 is 0.842 bits per heavy atom. The molecule has 0 spiro atoms. The van der Waals surface area contributed by atoms with Gasteiger partial charge in [0.15, 0.2) is 0 Å². The number of carbonyl (C=O) groups is 5. The molecule has 1 aromatic rings. The van der Waals surface area contributed by atoms with Crippen LogP contribution < -0.4 is 10.6 Å². The molecule has 3 N–H and O–H groups in total. The van der Waals surface area contributed by atoms with Crippen LogP contribution in [0.4, 0.5) is 5.69 Å². The fourth-order valence-corrected chi connectivity index (χ4v) is 5.23. The third kappa shape index (κ3) is 8.39. The average molecular weight is 528 g/mol. The monoisotopic (exact) mass is 527 g/mol. The van der Waals surface area contributed by atoms with Gasteiger partial charge in [0.2, 0.25) is 11.8 Å². The quantitative estimate of drug-likeness (QED) is 0.180. The molecular formula is C29H41N3O6. The van der Waals surface area contributed by atoms with Gasteiger partial charge in [0.1, 0.15) is 6.04 Å². The van der Waals surface area contributed by atoms with Gasteiger partial charge in [-0.15, -0.1) is 0 Å². The van der Waals surface area contributed by atoms with E-state index in [1.165, 1.54) is 51.4 Å². The molecule has 9 heteroatoms. The van der Waals surface area contributed by atoms with Crippen molar-refractivity contribution < 1.29 is 29.1 Å². The van der Waals surface area contributed by atoms with E-state index in [-0.39, 0.29) is 25.2 Å². The number of carbonyl (C=O) groups excluding carboxylic acids is 4. The van der Waals surface area contributed by atoms with Gasteiger partial charge in [0.25, 0.3) is 11.8 Å². The number of unbranched alkanes of at least 4 members (excludes halogenated alkanes) is 12. The predicted molar refractivity (Wildman–Crippen MR) is 144 cm³/mol. The number of hydrogen-bond donors (Lipinski definition) is 3. The van der Waals surface area contributed by atoms with Crippen LogP contribution in [0.5, 0.6) is 0 Å². The summed E-state index contributed by atoms with van der Waals surface area (Å²) >= 11 is 0. The molecule has 208 valence electrons. The summed E-state index contributed by atoms with van der Waals surface area (Å²) in [5.74, 6) is -2.66. The standard InChI is InChI=1S/C29H41N3O6/c33-24-19-18-23(27(36)31-24)32-28(37)21-15-14-16-22(26(21)29(32)38)30-20-13-11-9-7-5-3-1-2-4-6-8-10-12-17-25(34)35/h14-16,23,30H,1-13,17-20H2,(H,34,35)(H,31,33,36). The van der Waals surface area contributed by atoms with Crippen molar-refractivity contribution in [2.24, 2.45) is 0 Å². The van der Waals surface area contributed by atoms with Gasteiger partial charge in [-0.25, -0.2) is 0 Å². The summed E-state index contributed by atoms with van der Waals surface area (Å²) in [5, 5.41) is 14.2. The molecule has 3 rings (SSSR count). The van der Waals surface area contributed by atoms with E-state index in [1.807, 2.05) is 0 Å². The molecule has 1 atom stereocenters. The third-order valence-corrected chi connectivity index (χ3v) is 7.35. The zero-order valence-electron chi connectivity index (χ0n) is 22.3. The van der Waals surface area contributed by atoms with Crippen molar-refractivity contribution in [1.82, 2.24) is 10.2 Å². The zero-order chi connectivity index (χ0) is 27.3. The number of rotatable bonds is 18. The first kappa shape index (κ1) is 29.3. The summed E-state index contributed by atoms with van der Waals surface area (Å²) < 4.78 is 0. The first-order valence-corrected chi connectivity index (χ1v) is 14.2. The van der Waals surface area contributed by atoms with Gasteiger partial charge >= 0.3 is 5.97 Å². The van der Waals surface area contributed by atoms with E-state index in [4.69, 9.17) is 5.11 Å². The zero-order valence-corrected chi connectivity index (χ0v) is 22.3. The van der Waals surface area contributed by atoms with Crippen molar-refractivity contribution in [3.05, 3.63) is 29.3 Å². The second-order valence-electron chi connectivity index (χ2n) is 10.3. The molecule has 0 aliphatic carbocycles. The van der Waals surface area contributed by atoms with Crippen LogP contribution in [0.15, 0.2) is 18.2 Å². The molecule has 4 amide bonds. The summed E-state index contributed by atoms with van der Waals surface area (Å²) in [6.07, 6.45) is 15.4. The van der Waals surface area contributed by atoms with E-state index < -0.39 is 29.7 Å². The maximum Gasteiger partial charge on any atom is 0.303 e. The lowest BCUT2D eigenvalue weighted by Gasteiger charge is -2.27. The molecule has 2 aliphatic heterocycles. The Morgan fingerprint density at radius 3 is 2.00 bits per heavy atom. The van der Waals surface area contributed by atoms with Crippen molar-refractivity contribution in [2.45, 2.75) is 109 Å². The van der Waals surface area contributed by atoms with Crippen LogP contribution in [0.1, 0.15) is 123 Å². The largest absolute Gasteiger partial charge is 0.481 e. The Kier molecular flexibility index (Phi) is 11.8. The fourth-order valence-electron chi connectivity index (χ4n) is 5.23. The number of nitrogens with zero attached hydrogens (tertiary/aromatic N) is 1. The number of piperidine rings is 1. The minimum absolute atomic E-state index is 0.104. The maximum absolute atomic E-state index is 13.1. The summed E-state index contributed by atoms with van der Waals surface area (Å²) in [4.78, 5) is 61.2. The number of carboxylic acid groups (broad SMARTS) is 1. The van der Waals surface area contributed by atoms with Gasteiger partial charge in [-0.05, 0) is 31.4 Å². The number of aliphatic carboxylic acids is 1. The second kappa shape index (κ2) is 15.2. The molecule has 2 heterocycles. The van der Waals surface area contributed by atoms with Crippen LogP contribution in [0.3, 0.4) is 0 Å². The molecule has 2 aliphatic rings. The Bertz CT molecular complexity index is 1010. The van der Waals surface area contributed by atoms with E-state index >= 15 is 0 Å². The molecule has 0 radical (unpaired) electrons. The van der Waals surface area contributed by atoms with E-state index in [9.17, 15) is 24.0 Å². The highest BCUT2D eigenvalue weighted by Gasteiger charge is 2.45. The van der Waals surface area contributed by atoms with Crippen LogP contribution in [0.25, 0.3) is 0 Å². The van der Waals surface area contributed by atoms with E-state index in [2.05, 4.69) is 10.6 Å². The van der Waals surface area contributed by atoms with Crippen LogP contribution >= 0.6 is 0 Å². The van der Waals surface area contributed by atoms with Gasteiger partial charge in [-0.2, -0.15) is 0 Å². The number of amides is 4. The average Bonchev–Trinajstić information content (AvgIpc) is 3.14. The summed E-state index contributed by atoms with van der Waals surface area (Å²) in [7, 11) is 0. The van der Waals surface area contributed by atoms with E-state index in [1.54, 1.807) is 18.2 Å². The SMILES string of the molecule is O=C(O)CCCCCCCCCCCCCCCNc1cccc2c1C(=O)N(C1CCC(=O)NC1=O)C2=O. The molecule has 38 heavy (non-hydrogen) atoms. The lowest BCUT2D eigenvalue weighted by atomic mass is 10.0. The lowest BCUT2D eigenvalue weighted by Crippen LogP contribution is -2.54. The Morgan fingerprint density at radius 2 is 1.42 bits per heavy atom. The Labute approximate surface area is 224 Å². The summed E-state index contributed by atoms with van der Waals surface area (Å²) in [6, 6.07) is 4.17. The predicted octanol–water partition coefficient (Wildman–Crippen LogP) is 5.05. The van der Waals surface area contributed by atoms with E-state index in [0.717, 1.165) is 37.0 Å². The van der Waals surface area contributed by atoms with Crippen molar-refractivity contribution in [3.63, 3.8) is 0 Å².